The van der Waals surface area contributed by atoms with Crippen molar-refractivity contribution >= 4 is 20.6 Å². The van der Waals surface area contributed by atoms with E-state index in [4.69, 9.17) is 11.8 Å². The SMILES string of the molecule is CCCCCCc1cc2ccccc2[s+]1C(F)(F)F.[C-]#N. The Morgan fingerprint density at radius 3 is 2.38 bits per heavy atom. The molecule has 0 radical (unpaired) electrons. The van der Waals surface area contributed by atoms with Crippen LogP contribution < -0.4 is 0 Å². The van der Waals surface area contributed by atoms with Crippen LogP contribution in [0.2, 0.25) is 0 Å². The van der Waals surface area contributed by atoms with E-state index in [0.29, 0.717) is 16.0 Å². The Morgan fingerprint density at radius 1 is 1.10 bits per heavy atom. The first kappa shape index (κ1) is 17.5. The van der Waals surface area contributed by atoms with Gasteiger partial charge in [0, 0.05) is 17.9 Å². The van der Waals surface area contributed by atoms with Crippen molar-refractivity contribution < 1.29 is 13.2 Å². The van der Waals surface area contributed by atoms with Gasteiger partial charge < -0.3 is 11.8 Å². The van der Waals surface area contributed by atoms with E-state index in [1.165, 1.54) is 0 Å². The van der Waals surface area contributed by atoms with E-state index in [1.807, 2.05) is 0 Å². The average Bonchev–Trinajstić information content (AvgIpc) is 2.84. The molecule has 114 valence electrons. The van der Waals surface area contributed by atoms with Gasteiger partial charge in [-0.15, -0.1) is 13.2 Å². The van der Waals surface area contributed by atoms with E-state index in [1.54, 1.807) is 30.3 Å². The molecule has 0 aliphatic heterocycles. The summed E-state index contributed by atoms with van der Waals surface area (Å²) in [5, 5.41) is 6.99. The van der Waals surface area contributed by atoms with Crippen LogP contribution in [-0.4, -0.2) is 0 Å². The summed E-state index contributed by atoms with van der Waals surface area (Å²) in [5.41, 5.74) is -4.15. The van der Waals surface area contributed by atoms with Gasteiger partial charge in [0.1, 0.15) is 0 Å². The van der Waals surface area contributed by atoms with Gasteiger partial charge in [-0.05, 0) is 18.6 Å². The molecule has 5 heteroatoms. The monoisotopic (exact) mass is 313 g/mol. The second-order valence-corrected chi connectivity index (χ2v) is 6.75. The molecule has 2 rings (SSSR count). The van der Waals surface area contributed by atoms with Crippen LogP contribution in [0.4, 0.5) is 13.2 Å². The predicted octanol–water partition coefficient (Wildman–Crippen LogP) is 6.28. The molecule has 2 aromatic rings. The third kappa shape index (κ3) is 4.47. The van der Waals surface area contributed by atoms with Crippen molar-refractivity contribution in [3.63, 3.8) is 0 Å². The fourth-order valence-electron chi connectivity index (χ4n) is 2.33. The minimum Gasteiger partial charge on any atom is -0.512 e. The van der Waals surface area contributed by atoms with Gasteiger partial charge in [0.25, 0.3) is 0 Å². The van der Waals surface area contributed by atoms with Crippen LogP contribution in [0.1, 0.15) is 37.5 Å². The van der Waals surface area contributed by atoms with Crippen LogP contribution in [0, 0.1) is 11.8 Å². The van der Waals surface area contributed by atoms with Crippen LogP contribution >= 0.6 is 10.5 Å². The molecule has 1 unspecified atom stereocenters. The smallest absolute Gasteiger partial charge is 0.512 e. The van der Waals surface area contributed by atoms with Gasteiger partial charge >= 0.3 is 5.51 Å². The Bertz CT molecular complexity index is 584. The summed E-state index contributed by atoms with van der Waals surface area (Å²) in [6, 6.07) is 8.63. The second kappa shape index (κ2) is 8.04. The lowest BCUT2D eigenvalue weighted by atomic mass is 10.1. The number of unbranched alkanes of at least 4 members (excludes halogenated alkanes) is 3. The van der Waals surface area contributed by atoms with Gasteiger partial charge in [0.2, 0.25) is 0 Å². The van der Waals surface area contributed by atoms with Crippen molar-refractivity contribution in [2.45, 2.75) is 44.5 Å². The normalized spacial score (nSPS) is 12.0. The zero-order chi connectivity index (χ0) is 15.9. The van der Waals surface area contributed by atoms with Crippen LogP contribution in [0.15, 0.2) is 30.3 Å². The highest BCUT2D eigenvalue weighted by Gasteiger charge is 2.47. The predicted molar refractivity (Wildman–Crippen MR) is 80.5 cm³/mol. The van der Waals surface area contributed by atoms with E-state index in [-0.39, 0.29) is 0 Å². The number of aryl methyl sites for hydroxylation is 1. The van der Waals surface area contributed by atoms with E-state index < -0.39 is 16.0 Å². The molecule has 0 N–H and O–H groups in total. The van der Waals surface area contributed by atoms with Crippen molar-refractivity contribution in [1.82, 2.24) is 0 Å². The topological polar surface area (TPSA) is 23.8 Å². The first-order valence-electron chi connectivity index (χ1n) is 6.87. The van der Waals surface area contributed by atoms with Crippen LogP contribution in [-0.2, 0) is 11.9 Å². The maximum absolute atomic E-state index is 13.2. The van der Waals surface area contributed by atoms with E-state index in [0.717, 1.165) is 31.1 Å². The fourth-order valence-corrected chi connectivity index (χ4v) is 4.33. The Morgan fingerprint density at radius 2 is 1.76 bits per heavy atom. The number of hydrogen-bond donors (Lipinski definition) is 0. The Labute approximate surface area is 126 Å². The number of halogens is 3. The Hall–Kier alpha value is -1.54. The summed E-state index contributed by atoms with van der Waals surface area (Å²) in [6.45, 7) is 6.85. The molecule has 1 nitrogen and oxygen atoms in total. The van der Waals surface area contributed by atoms with E-state index in [9.17, 15) is 13.2 Å². The number of alkyl halides is 3. The van der Waals surface area contributed by atoms with Crippen molar-refractivity contribution in [1.29, 1.82) is 5.26 Å². The lowest BCUT2D eigenvalue weighted by Crippen LogP contribution is -1.98. The highest BCUT2D eigenvalue weighted by atomic mass is 32.2. The summed E-state index contributed by atoms with van der Waals surface area (Å²) in [5.74, 6) is 0. The minimum atomic E-state index is -4.15. The lowest BCUT2D eigenvalue weighted by molar-refractivity contribution is -0.0867. The van der Waals surface area contributed by atoms with Crippen LogP contribution in [0.25, 0.3) is 10.1 Å². The van der Waals surface area contributed by atoms with Gasteiger partial charge in [0.15, 0.2) is 9.58 Å². The lowest BCUT2D eigenvalue weighted by Gasteiger charge is -2.00. The molecule has 1 heterocycles. The molecule has 0 aliphatic rings. The average molecular weight is 313 g/mol. The Balaban J connectivity index is 0.00000106. The number of rotatable bonds is 5. The number of thiophene rings is 1. The number of nitrogens with zero attached hydrogens (tertiary/aromatic N) is 1. The van der Waals surface area contributed by atoms with E-state index >= 15 is 0 Å². The maximum atomic E-state index is 13.2. The highest BCUT2D eigenvalue weighted by Crippen LogP contribution is 2.51. The molecule has 1 atom stereocenters. The second-order valence-electron chi connectivity index (χ2n) is 4.71. The molecule has 21 heavy (non-hydrogen) atoms. The third-order valence-electron chi connectivity index (χ3n) is 3.23. The van der Waals surface area contributed by atoms with Crippen molar-refractivity contribution in [3.8, 4) is 0 Å². The molecular weight excluding hydrogens is 295 g/mol. The van der Waals surface area contributed by atoms with Gasteiger partial charge in [-0.1, -0.05) is 38.3 Å². The molecule has 0 saturated heterocycles. The first-order valence-corrected chi connectivity index (χ1v) is 8.09. The molecule has 0 saturated carbocycles. The zero-order valence-corrected chi connectivity index (χ0v) is 12.7. The molecule has 0 spiro atoms. The van der Waals surface area contributed by atoms with Gasteiger partial charge in [-0.25, -0.2) is 0 Å². The summed E-state index contributed by atoms with van der Waals surface area (Å²) in [4.78, 5) is 0.560. The molecule has 0 amide bonds. The maximum Gasteiger partial charge on any atom is 0.600 e. The molecular formula is C16H18F3NS. The quantitative estimate of drug-likeness (QED) is 0.362. The number of benzene rings is 1. The number of hydrogen-bond acceptors (Lipinski definition) is 1. The first-order chi connectivity index (χ1) is 10.0. The van der Waals surface area contributed by atoms with Crippen molar-refractivity contribution in [2.75, 3.05) is 0 Å². The van der Waals surface area contributed by atoms with Crippen LogP contribution in [0.5, 0.6) is 0 Å². The number of fused-ring (bicyclic) bond motifs is 1. The summed E-state index contributed by atoms with van der Waals surface area (Å²) in [7, 11) is -1.70. The third-order valence-corrected chi connectivity index (χ3v) is 5.35. The molecule has 0 bridgehead atoms. The highest BCUT2D eigenvalue weighted by molar-refractivity contribution is 7.38. The standard InChI is InChI=1S/C15H18F3S.CN/c1-2-3-4-5-9-13-11-12-8-6-7-10-14(12)19(13)15(16,17)18;1-2/h6-8,10-11H,2-5,9H2,1H3;/q+1;-1. The Kier molecular flexibility index (Phi) is 6.70. The summed E-state index contributed by atoms with van der Waals surface area (Å²) in [6.07, 6.45) is 4.63. The molecule has 0 fully saturated rings. The van der Waals surface area contributed by atoms with Gasteiger partial charge in [0.05, 0.1) is 10.5 Å². The van der Waals surface area contributed by atoms with Gasteiger partial charge in [-0.2, -0.15) is 0 Å². The molecule has 1 aromatic heterocycles. The summed E-state index contributed by atoms with van der Waals surface area (Å²) < 4.78 is 40.2. The van der Waals surface area contributed by atoms with Crippen molar-refractivity contribution in [2.24, 2.45) is 0 Å². The minimum absolute atomic E-state index is 0.445. The summed E-state index contributed by atoms with van der Waals surface area (Å²) >= 11 is 0. The zero-order valence-electron chi connectivity index (χ0n) is 11.9. The molecule has 1 aromatic carbocycles. The van der Waals surface area contributed by atoms with E-state index in [2.05, 4.69) is 6.92 Å². The fraction of sp³-hybridized carbons (Fsp3) is 0.438. The van der Waals surface area contributed by atoms with Gasteiger partial charge in [-0.3, -0.25) is 0 Å². The van der Waals surface area contributed by atoms with Crippen LogP contribution in [0.3, 0.4) is 0 Å². The van der Waals surface area contributed by atoms with Crippen molar-refractivity contribution in [3.05, 3.63) is 41.8 Å². The molecule has 0 aliphatic carbocycles. The largest absolute Gasteiger partial charge is 0.600 e.